The van der Waals surface area contributed by atoms with Gasteiger partial charge in [0.05, 0.1) is 19.3 Å². The summed E-state index contributed by atoms with van der Waals surface area (Å²) in [6.45, 7) is 2.22. The Balaban J connectivity index is 2.01. The highest BCUT2D eigenvalue weighted by Crippen LogP contribution is 2.33. The van der Waals surface area contributed by atoms with E-state index in [2.05, 4.69) is 32.8 Å². The topological polar surface area (TPSA) is 118 Å². The van der Waals surface area contributed by atoms with E-state index in [1.54, 1.807) is 7.05 Å². The molecular weight excluding hydrogens is 515 g/mol. The number of aromatic nitrogens is 4. The van der Waals surface area contributed by atoms with Gasteiger partial charge in [-0.1, -0.05) is 52.9 Å². The van der Waals surface area contributed by atoms with E-state index in [9.17, 15) is 19.8 Å². The summed E-state index contributed by atoms with van der Waals surface area (Å²) in [5, 5.41) is 22.4. The van der Waals surface area contributed by atoms with Crippen LogP contribution >= 0.6 is 22.6 Å². The lowest BCUT2D eigenvalue weighted by Crippen LogP contribution is -2.45. The maximum absolute atomic E-state index is 13.5. The van der Waals surface area contributed by atoms with Gasteiger partial charge in [0.15, 0.2) is 11.2 Å². The highest BCUT2D eigenvalue weighted by Gasteiger charge is 2.28. The average Bonchev–Trinajstić information content (AvgIpc) is 3.22. The van der Waals surface area contributed by atoms with E-state index in [4.69, 9.17) is 4.98 Å². The van der Waals surface area contributed by atoms with E-state index in [1.165, 1.54) is 4.57 Å². The number of halogens is 1. The number of fused-ring (bicyclic) bond motifs is 1. The third kappa shape index (κ3) is 4.02. The monoisotopic (exact) mass is 540 g/mol. The van der Waals surface area contributed by atoms with Crippen molar-refractivity contribution < 1.29 is 10.2 Å². The van der Waals surface area contributed by atoms with Gasteiger partial charge in [0, 0.05) is 33.2 Å². The molecule has 2 atom stereocenters. The first-order valence-electron chi connectivity index (χ1n) is 10.1. The first-order chi connectivity index (χ1) is 14.9. The average molecular weight is 540 g/mol. The zero-order valence-electron chi connectivity index (χ0n) is 17.1. The Morgan fingerprint density at radius 3 is 2.52 bits per heavy atom. The number of nitrogens with one attached hydrogen (secondary N) is 1. The molecule has 0 bridgehead atoms. The van der Waals surface area contributed by atoms with Crippen LogP contribution in [-0.2, 0) is 13.6 Å². The van der Waals surface area contributed by atoms with Gasteiger partial charge in [-0.05, 0) is 5.56 Å². The lowest BCUT2D eigenvalue weighted by atomic mass is 10.2. The molecule has 0 aliphatic carbocycles. The Labute approximate surface area is 191 Å². The molecule has 4 rings (SSSR count). The van der Waals surface area contributed by atoms with Gasteiger partial charge < -0.3 is 20.4 Å². The van der Waals surface area contributed by atoms with E-state index in [-0.39, 0.29) is 10.6 Å². The summed E-state index contributed by atoms with van der Waals surface area (Å²) in [5.41, 5.74) is 0.484. The number of aryl methyl sites for hydroxylation is 1. The van der Waals surface area contributed by atoms with Crippen molar-refractivity contribution in [3.05, 3.63) is 56.7 Å². The highest BCUT2D eigenvalue weighted by atomic mass is 127. The molecule has 1 aliphatic heterocycles. The summed E-state index contributed by atoms with van der Waals surface area (Å²) >= 11 is 2.28. The minimum atomic E-state index is -1.21. The van der Waals surface area contributed by atoms with E-state index < -0.39 is 24.0 Å². The third-order valence-corrected chi connectivity index (χ3v) is 6.74. The maximum atomic E-state index is 13.5. The van der Waals surface area contributed by atoms with Gasteiger partial charge in [-0.15, -0.1) is 0 Å². The predicted molar refractivity (Wildman–Crippen MR) is 126 cm³/mol. The number of alkyl halides is 1. The van der Waals surface area contributed by atoms with Crippen LogP contribution in [0.15, 0.2) is 39.9 Å². The summed E-state index contributed by atoms with van der Waals surface area (Å²) in [4.78, 5) is 33.2. The number of nitrogens with zero attached hydrogens (tertiary/aromatic N) is 5. The molecule has 1 aliphatic rings. The van der Waals surface area contributed by atoms with Gasteiger partial charge in [0.2, 0.25) is 5.95 Å². The van der Waals surface area contributed by atoms with E-state index in [0.717, 1.165) is 36.3 Å². The molecule has 3 aromatic rings. The smallest absolute Gasteiger partial charge is 0.332 e. The lowest BCUT2D eigenvalue weighted by Gasteiger charge is -2.30. The van der Waals surface area contributed by atoms with Crippen molar-refractivity contribution in [1.82, 2.24) is 24.0 Å². The highest BCUT2D eigenvalue weighted by molar-refractivity contribution is 14.1. The fourth-order valence-electron chi connectivity index (χ4n) is 3.82. The quantitative estimate of drug-likeness (QED) is 0.289. The summed E-state index contributed by atoms with van der Waals surface area (Å²) in [7, 11) is 1.57. The fraction of sp³-hybridized carbons (Fsp3) is 0.450. The lowest BCUT2D eigenvalue weighted by molar-refractivity contribution is 0.0791. The third-order valence-electron chi connectivity index (χ3n) is 5.46. The molecule has 2 unspecified atom stereocenters. The van der Waals surface area contributed by atoms with Crippen molar-refractivity contribution in [2.24, 2.45) is 7.05 Å². The van der Waals surface area contributed by atoms with Crippen LogP contribution in [0.2, 0.25) is 0 Å². The molecule has 31 heavy (non-hydrogen) atoms. The van der Waals surface area contributed by atoms with Crippen molar-refractivity contribution in [2.75, 3.05) is 37.7 Å². The largest absolute Gasteiger partial charge is 0.394 e. The second-order valence-electron chi connectivity index (χ2n) is 7.53. The van der Waals surface area contributed by atoms with E-state index >= 15 is 0 Å². The van der Waals surface area contributed by atoms with Crippen LogP contribution in [0.5, 0.6) is 0 Å². The molecule has 11 heteroatoms. The van der Waals surface area contributed by atoms with Gasteiger partial charge in [0.25, 0.3) is 5.56 Å². The summed E-state index contributed by atoms with van der Waals surface area (Å²) in [5.74, 6) is 0.632. The number of hydrogen-bond donors (Lipinski definition) is 3. The molecule has 3 N–H and O–H groups in total. The molecule has 1 fully saturated rings. The van der Waals surface area contributed by atoms with Gasteiger partial charge in [-0.25, -0.2) is 4.79 Å². The Bertz CT molecular complexity index is 1180. The number of rotatable bonds is 6. The van der Waals surface area contributed by atoms with Crippen molar-refractivity contribution >= 4 is 39.7 Å². The maximum Gasteiger partial charge on any atom is 0.332 e. The zero-order valence-corrected chi connectivity index (χ0v) is 19.3. The van der Waals surface area contributed by atoms with Gasteiger partial charge in [0.1, 0.15) is 4.05 Å². The standard InChI is InChI=1S/C20H25IN6O4/c1-24-17-15(18(30)26(20(24)31)11-14(29)12-28)27(16(21)13-5-3-2-4-6-13)19(23-17)25-9-7-22-8-10-25/h2-6,14,16,22,28-29H,7-12H2,1H3. The van der Waals surface area contributed by atoms with Gasteiger partial charge >= 0.3 is 5.69 Å². The number of hydrogen-bond acceptors (Lipinski definition) is 7. The minimum absolute atomic E-state index is 0.241. The molecule has 3 heterocycles. The molecule has 0 radical (unpaired) electrons. The van der Waals surface area contributed by atoms with Gasteiger partial charge in [-0.2, -0.15) is 4.98 Å². The van der Waals surface area contributed by atoms with Crippen molar-refractivity contribution in [3.63, 3.8) is 0 Å². The Kier molecular flexibility index (Phi) is 6.46. The Hall–Kier alpha value is -2.22. The molecule has 10 nitrogen and oxygen atoms in total. The number of imidazole rings is 1. The van der Waals surface area contributed by atoms with Crippen molar-refractivity contribution in [1.29, 1.82) is 0 Å². The molecule has 0 saturated carbocycles. The van der Waals surface area contributed by atoms with E-state index in [1.807, 2.05) is 34.9 Å². The van der Waals surface area contributed by atoms with Crippen LogP contribution in [0, 0.1) is 0 Å². The number of benzene rings is 1. The van der Waals surface area contributed by atoms with Crippen molar-refractivity contribution in [2.45, 2.75) is 16.7 Å². The second-order valence-corrected chi connectivity index (χ2v) is 8.71. The fourth-order valence-corrected chi connectivity index (χ4v) is 4.76. The van der Waals surface area contributed by atoms with Gasteiger partial charge in [-0.3, -0.25) is 18.5 Å². The Morgan fingerprint density at radius 1 is 1.19 bits per heavy atom. The molecule has 2 aromatic heterocycles. The summed E-state index contributed by atoms with van der Waals surface area (Å²) < 4.78 is 3.93. The van der Waals surface area contributed by atoms with Crippen LogP contribution < -0.4 is 21.5 Å². The molecule has 0 amide bonds. The van der Waals surface area contributed by atoms with Crippen LogP contribution in [0.1, 0.15) is 9.61 Å². The second kappa shape index (κ2) is 9.10. The number of anilines is 1. The molecule has 1 saturated heterocycles. The normalized spacial score (nSPS) is 16.6. The van der Waals surface area contributed by atoms with Crippen LogP contribution in [-0.4, -0.2) is 67.8 Å². The number of aliphatic hydroxyl groups is 2. The SMILES string of the molecule is Cn1c(=O)n(CC(O)CO)c(=O)c2c1nc(N1CCNCC1)n2C(I)c1ccccc1. The predicted octanol–water partition coefficient (Wildman–Crippen LogP) is -0.359. The van der Waals surface area contributed by atoms with Crippen LogP contribution in [0.4, 0.5) is 5.95 Å². The first kappa shape index (κ1) is 22.0. The Morgan fingerprint density at radius 2 is 1.87 bits per heavy atom. The summed E-state index contributed by atoms with van der Waals surface area (Å²) in [6, 6.07) is 9.79. The zero-order chi connectivity index (χ0) is 22.1. The molecule has 166 valence electrons. The number of aliphatic hydroxyl groups excluding tert-OH is 2. The minimum Gasteiger partial charge on any atom is -0.394 e. The van der Waals surface area contributed by atoms with E-state index in [0.29, 0.717) is 17.1 Å². The van der Waals surface area contributed by atoms with Crippen molar-refractivity contribution in [3.8, 4) is 0 Å². The first-order valence-corrected chi connectivity index (χ1v) is 11.3. The molecule has 0 spiro atoms. The number of piperazine rings is 1. The molecule has 1 aromatic carbocycles. The molecular formula is C20H25IN6O4. The summed E-state index contributed by atoms with van der Waals surface area (Å²) in [6.07, 6.45) is -1.21. The van der Waals surface area contributed by atoms with Crippen LogP contribution in [0.25, 0.3) is 11.2 Å². The van der Waals surface area contributed by atoms with Crippen LogP contribution in [0.3, 0.4) is 0 Å².